The summed E-state index contributed by atoms with van der Waals surface area (Å²) in [5, 5.41) is 3.72. The van der Waals surface area contributed by atoms with Crippen LogP contribution in [0.3, 0.4) is 0 Å². The van der Waals surface area contributed by atoms with Gasteiger partial charge in [0.05, 0.1) is 0 Å². The fourth-order valence-electron chi connectivity index (χ4n) is 1.76. The quantitative estimate of drug-likeness (QED) is 0.648. The standard InChI is InChI=1S/C17H16ClNO/c1-12-3-8-16(11-13(12)2)19-10-9-17(20)14-4-6-15(18)7-5-14/h3-11,19H,1-2H3/b10-9+. The summed E-state index contributed by atoms with van der Waals surface area (Å²) in [5.74, 6) is -0.0574. The average molecular weight is 286 g/mol. The lowest BCUT2D eigenvalue weighted by Crippen LogP contribution is -1.96. The van der Waals surface area contributed by atoms with Crippen LogP contribution < -0.4 is 5.32 Å². The van der Waals surface area contributed by atoms with Crippen LogP contribution in [0.1, 0.15) is 21.5 Å². The molecule has 0 fully saturated rings. The molecule has 0 aliphatic heterocycles. The highest BCUT2D eigenvalue weighted by atomic mass is 35.5. The van der Waals surface area contributed by atoms with Crippen molar-refractivity contribution in [3.63, 3.8) is 0 Å². The van der Waals surface area contributed by atoms with Gasteiger partial charge >= 0.3 is 0 Å². The number of carbonyl (C=O) groups excluding carboxylic acids is 1. The first-order valence-corrected chi connectivity index (χ1v) is 6.74. The first kappa shape index (κ1) is 14.4. The van der Waals surface area contributed by atoms with Crippen molar-refractivity contribution in [1.82, 2.24) is 0 Å². The first-order chi connectivity index (χ1) is 9.56. The minimum atomic E-state index is -0.0574. The number of halogens is 1. The van der Waals surface area contributed by atoms with E-state index in [0.29, 0.717) is 10.6 Å². The molecule has 0 aromatic heterocycles. The Hall–Kier alpha value is -2.06. The molecule has 2 rings (SSSR count). The molecule has 0 unspecified atom stereocenters. The third-order valence-corrected chi connectivity index (χ3v) is 3.37. The monoisotopic (exact) mass is 285 g/mol. The third kappa shape index (κ3) is 3.72. The van der Waals surface area contributed by atoms with Crippen LogP contribution in [0.5, 0.6) is 0 Å². The largest absolute Gasteiger partial charge is 0.362 e. The van der Waals surface area contributed by atoms with Crippen LogP contribution in [0.25, 0.3) is 0 Å². The summed E-state index contributed by atoms with van der Waals surface area (Å²) < 4.78 is 0. The second kappa shape index (κ2) is 6.40. The Balaban J connectivity index is 2.00. The predicted octanol–water partition coefficient (Wildman–Crippen LogP) is 4.77. The van der Waals surface area contributed by atoms with Gasteiger partial charge in [0.25, 0.3) is 0 Å². The molecule has 0 aliphatic rings. The number of hydrogen-bond acceptors (Lipinski definition) is 2. The number of rotatable bonds is 4. The minimum Gasteiger partial charge on any atom is -0.362 e. The second-order valence-electron chi connectivity index (χ2n) is 4.65. The number of nitrogens with one attached hydrogen (secondary N) is 1. The van der Waals surface area contributed by atoms with Crippen molar-refractivity contribution in [2.24, 2.45) is 0 Å². The maximum absolute atomic E-state index is 11.9. The Kier molecular flexibility index (Phi) is 4.59. The van der Waals surface area contributed by atoms with E-state index in [-0.39, 0.29) is 5.78 Å². The van der Waals surface area contributed by atoms with Gasteiger partial charge in [-0.3, -0.25) is 4.79 Å². The summed E-state index contributed by atoms with van der Waals surface area (Å²) >= 11 is 5.79. The molecule has 0 spiro atoms. The second-order valence-corrected chi connectivity index (χ2v) is 5.08. The topological polar surface area (TPSA) is 29.1 Å². The number of benzene rings is 2. The third-order valence-electron chi connectivity index (χ3n) is 3.12. The van der Waals surface area contributed by atoms with Gasteiger partial charge in [-0.25, -0.2) is 0 Å². The molecular weight excluding hydrogens is 270 g/mol. The molecule has 0 saturated carbocycles. The molecule has 0 saturated heterocycles. The van der Waals surface area contributed by atoms with Crippen molar-refractivity contribution in [1.29, 1.82) is 0 Å². The zero-order valence-electron chi connectivity index (χ0n) is 11.5. The Morgan fingerprint density at radius 3 is 2.40 bits per heavy atom. The molecule has 0 aliphatic carbocycles. The van der Waals surface area contributed by atoms with Crippen molar-refractivity contribution < 1.29 is 4.79 Å². The Morgan fingerprint density at radius 2 is 1.75 bits per heavy atom. The highest BCUT2D eigenvalue weighted by molar-refractivity contribution is 6.30. The smallest absolute Gasteiger partial charge is 0.187 e. The molecule has 0 bridgehead atoms. The van der Waals surface area contributed by atoms with E-state index >= 15 is 0 Å². The van der Waals surface area contributed by atoms with Gasteiger partial charge < -0.3 is 5.32 Å². The van der Waals surface area contributed by atoms with Gasteiger partial charge in [-0.05, 0) is 61.4 Å². The number of ketones is 1. The van der Waals surface area contributed by atoms with Crippen LogP contribution >= 0.6 is 11.6 Å². The SMILES string of the molecule is Cc1ccc(N/C=C/C(=O)c2ccc(Cl)cc2)cc1C. The molecular formula is C17H16ClNO. The molecule has 102 valence electrons. The molecule has 0 radical (unpaired) electrons. The lowest BCUT2D eigenvalue weighted by atomic mass is 10.1. The van der Waals surface area contributed by atoms with Crippen LogP contribution in [0.4, 0.5) is 5.69 Å². The van der Waals surface area contributed by atoms with E-state index in [1.54, 1.807) is 30.5 Å². The molecule has 0 atom stereocenters. The lowest BCUT2D eigenvalue weighted by molar-refractivity contribution is 0.104. The highest BCUT2D eigenvalue weighted by Gasteiger charge is 2.00. The van der Waals surface area contributed by atoms with Crippen molar-refractivity contribution in [3.05, 3.63) is 76.5 Å². The Morgan fingerprint density at radius 1 is 1.05 bits per heavy atom. The van der Waals surface area contributed by atoms with Crippen molar-refractivity contribution in [2.45, 2.75) is 13.8 Å². The van der Waals surface area contributed by atoms with Crippen molar-refractivity contribution >= 4 is 23.1 Å². The van der Waals surface area contributed by atoms with Crippen LogP contribution in [-0.2, 0) is 0 Å². The lowest BCUT2D eigenvalue weighted by Gasteiger charge is -2.04. The minimum absolute atomic E-state index is 0.0574. The normalized spacial score (nSPS) is 10.8. The number of allylic oxidation sites excluding steroid dienone is 1. The summed E-state index contributed by atoms with van der Waals surface area (Å²) in [6.07, 6.45) is 3.17. The fraction of sp³-hybridized carbons (Fsp3) is 0.118. The van der Waals surface area contributed by atoms with Gasteiger partial charge in [-0.15, -0.1) is 0 Å². The zero-order valence-corrected chi connectivity index (χ0v) is 12.2. The molecule has 2 aromatic carbocycles. The molecule has 1 N–H and O–H groups in total. The van der Waals surface area contributed by atoms with E-state index in [2.05, 4.69) is 19.2 Å². The van der Waals surface area contributed by atoms with Crippen molar-refractivity contribution in [3.8, 4) is 0 Å². The van der Waals surface area contributed by atoms with E-state index in [1.165, 1.54) is 17.2 Å². The molecule has 3 heteroatoms. The van der Waals surface area contributed by atoms with Gasteiger partial charge in [0, 0.05) is 28.5 Å². The highest BCUT2D eigenvalue weighted by Crippen LogP contribution is 2.14. The molecule has 2 nitrogen and oxygen atoms in total. The average Bonchev–Trinajstić information content (AvgIpc) is 2.43. The Bertz CT molecular complexity index is 645. The number of carbonyl (C=O) groups is 1. The van der Waals surface area contributed by atoms with E-state index in [9.17, 15) is 4.79 Å². The molecule has 0 heterocycles. The van der Waals surface area contributed by atoms with Crippen LogP contribution in [0.2, 0.25) is 5.02 Å². The number of anilines is 1. The zero-order chi connectivity index (χ0) is 14.5. The summed E-state index contributed by atoms with van der Waals surface area (Å²) in [7, 11) is 0. The number of aryl methyl sites for hydroxylation is 2. The summed E-state index contributed by atoms with van der Waals surface area (Å²) in [5.41, 5.74) is 4.05. The fourth-order valence-corrected chi connectivity index (χ4v) is 1.88. The van der Waals surface area contributed by atoms with E-state index < -0.39 is 0 Å². The molecule has 2 aromatic rings. The van der Waals surface area contributed by atoms with E-state index in [1.807, 2.05) is 18.2 Å². The van der Waals surface area contributed by atoms with Crippen LogP contribution in [0.15, 0.2) is 54.7 Å². The van der Waals surface area contributed by atoms with Gasteiger partial charge in [-0.2, -0.15) is 0 Å². The maximum atomic E-state index is 11.9. The van der Waals surface area contributed by atoms with Gasteiger partial charge in [0.15, 0.2) is 5.78 Å². The van der Waals surface area contributed by atoms with E-state index in [4.69, 9.17) is 11.6 Å². The van der Waals surface area contributed by atoms with Gasteiger partial charge in [-0.1, -0.05) is 17.7 Å². The predicted molar refractivity (Wildman–Crippen MR) is 84.5 cm³/mol. The summed E-state index contributed by atoms with van der Waals surface area (Å²) in [6.45, 7) is 4.13. The van der Waals surface area contributed by atoms with Crippen LogP contribution in [0, 0.1) is 13.8 Å². The van der Waals surface area contributed by atoms with Crippen molar-refractivity contribution in [2.75, 3.05) is 5.32 Å². The number of hydrogen-bond donors (Lipinski definition) is 1. The van der Waals surface area contributed by atoms with Gasteiger partial charge in [0.2, 0.25) is 0 Å². The summed E-state index contributed by atoms with van der Waals surface area (Å²) in [4.78, 5) is 11.9. The van der Waals surface area contributed by atoms with E-state index in [0.717, 1.165) is 5.69 Å². The molecule has 20 heavy (non-hydrogen) atoms. The summed E-state index contributed by atoms with van der Waals surface area (Å²) in [6, 6.07) is 12.9. The van der Waals surface area contributed by atoms with Gasteiger partial charge in [0.1, 0.15) is 0 Å². The van der Waals surface area contributed by atoms with Crippen LogP contribution in [-0.4, -0.2) is 5.78 Å². The maximum Gasteiger partial charge on any atom is 0.187 e. The Labute approximate surface area is 124 Å². The molecule has 0 amide bonds. The first-order valence-electron chi connectivity index (χ1n) is 6.36.